The van der Waals surface area contributed by atoms with Crippen LogP contribution in [0.4, 0.5) is 10.1 Å². The zero-order chi connectivity index (χ0) is 35.5. The highest BCUT2D eigenvalue weighted by Crippen LogP contribution is 2.34. The lowest BCUT2D eigenvalue weighted by molar-refractivity contribution is -0.129. The average molecular weight is 690 g/mol. The van der Waals surface area contributed by atoms with E-state index in [-0.39, 0.29) is 54.3 Å². The number of fused-ring (bicyclic) bond motifs is 16. The molecule has 12 nitrogen and oxygen atoms in total. The highest BCUT2D eigenvalue weighted by atomic mass is 19.1. The van der Waals surface area contributed by atoms with Crippen molar-refractivity contribution < 1.29 is 37.8 Å². The molecule has 0 saturated carbocycles. The van der Waals surface area contributed by atoms with E-state index in [9.17, 15) is 19.2 Å². The van der Waals surface area contributed by atoms with Crippen LogP contribution in [0.2, 0.25) is 0 Å². The summed E-state index contributed by atoms with van der Waals surface area (Å²) in [5.41, 5.74) is 2.15. The van der Waals surface area contributed by atoms with E-state index in [0.29, 0.717) is 75.5 Å². The second-order valence-electron chi connectivity index (χ2n) is 12.1. The molecule has 50 heavy (non-hydrogen) atoms. The number of anilines is 1. The van der Waals surface area contributed by atoms with Crippen LogP contribution < -0.4 is 30.3 Å². The van der Waals surface area contributed by atoms with E-state index in [1.807, 2.05) is 18.2 Å². The number of hydrogen-bond acceptors (Lipinski definition) is 8. The highest BCUT2D eigenvalue weighted by Gasteiger charge is 2.24. The van der Waals surface area contributed by atoms with Crippen LogP contribution in [0.3, 0.4) is 0 Å². The Labute approximate surface area is 291 Å². The zero-order valence-electron chi connectivity index (χ0n) is 28.5. The lowest BCUT2D eigenvalue weighted by atomic mass is 10.1. The van der Waals surface area contributed by atoms with Crippen LogP contribution in [-0.2, 0) is 20.9 Å². The maximum absolute atomic E-state index is 15.1. The van der Waals surface area contributed by atoms with E-state index in [1.54, 1.807) is 36.1 Å². The van der Waals surface area contributed by atoms with Gasteiger partial charge in [-0.3, -0.25) is 19.2 Å². The van der Waals surface area contributed by atoms with Crippen LogP contribution in [0, 0.1) is 5.82 Å². The number of carbonyl (C=O) groups excluding carboxylic acids is 4. The van der Waals surface area contributed by atoms with E-state index in [0.717, 1.165) is 5.69 Å². The van der Waals surface area contributed by atoms with Crippen molar-refractivity contribution in [3.8, 4) is 17.2 Å². The lowest BCUT2D eigenvalue weighted by Gasteiger charge is -2.31. The van der Waals surface area contributed by atoms with Gasteiger partial charge >= 0.3 is 0 Å². The van der Waals surface area contributed by atoms with Gasteiger partial charge in [-0.25, -0.2) is 4.39 Å². The lowest BCUT2D eigenvalue weighted by Crippen LogP contribution is -2.46. The minimum atomic E-state index is -0.780. The monoisotopic (exact) mass is 689 g/mol. The number of nitrogens with zero attached hydrogens (tertiary/aromatic N) is 2. The number of hydrogen-bond donors (Lipinski definition) is 3. The molecular formula is C37H44FN5O7. The van der Waals surface area contributed by atoms with Gasteiger partial charge in [0.15, 0.2) is 23.1 Å². The highest BCUT2D eigenvalue weighted by molar-refractivity contribution is 6.00. The molecule has 0 radical (unpaired) electrons. The second-order valence-corrected chi connectivity index (χ2v) is 12.1. The topological polar surface area (TPSA) is 139 Å². The molecule has 3 heterocycles. The van der Waals surface area contributed by atoms with Crippen molar-refractivity contribution in [3.63, 3.8) is 0 Å². The van der Waals surface area contributed by atoms with Gasteiger partial charge in [0.2, 0.25) is 11.8 Å². The third-order valence-corrected chi connectivity index (χ3v) is 8.66. The summed E-state index contributed by atoms with van der Waals surface area (Å²) in [4.78, 5) is 57.0. The number of carbonyl (C=O) groups is 4. The normalized spacial score (nSPS) is 18.4. The Morgan fingerprint density at radius 3 is 2.48 bits per heavy atom. The first-order valence-electron chi connectivity index (χ1n) is 17.0. The average Bonchev–Trinajstić information content (AvgIpc) is 3.14. The summed E-state index contributed by atoms with van der Waals surface area (Å²) < 4.78 is 31.8. The first kappa shape index (κ1) is 36.1. The van der Waals surface area contributed by atoms with Crippen molar-refractivity contribution in [2.45, 2.75) is 45.2 Å². The van der Waals surface area contributed by atoms with Gasteiger partial charge in [-0.15, -0.1) is 0 Å². The molecule has 13 heteroatoms. The number of benzene rings is 3. The number of halogens is 1. The molecule has 6 rings (SSSR count). The van der Waals surface area contributed by atoms with Crippen molar-refractivity contribution in [1.82, 2.24) is 20.9 Å². The van der Waals surface area contributed by atoms with Crippen LogP contribution in [0.25, 0.3) is 0 Å². The van der Waals surface area contributed by atoms with Crippen molar-refractivity contribution in [1.29, 1.82) is 0 Å². The van der Waals surface area contributed by atoms with E-state index in [2.05, 4.69) is 20.9 Å². The summed E-state index contributed by atoms with van der Waals surface area (Å²) in [6.45, 7) is 5.18. The summed E-state index contributed by atoms with van der Waals surface area (Å²) in [5, 5.41) is 8.44. The quantitative estimate of drug-likeness (QED) is 0.374. The summed E-state index contributed by atoms with van der Waals surface area (Å²) in [5.74, 6) is -1.56. The predicted octanol–water partition coefficient (Wildman–Crippen LogP) is 4.03. The Balaban J connectivity index is 1.37. The summed E-state index contributed by atoms with van der Waals surface area (Å²) >= 11 is 0. The molecular weight excluding hydrogens is 645 g/mol. The van der Waals surface area contributed by atoms with Crippen molar-refractivity contribution >= 4 is 29.3 Å². The molecule has 1 saturated heterocycles. The number of rotatable bonds is 4. The fourth-order valence-electron chi connectivity index (χ4n) is 5.91. The summed E-state index contributed by atoms with van der Waals surface area (Å²) in [6.07, 6.45) is 1.26. The van der Waals surface area contributed by atoms with Crippen LogP contribution >= 0.6 is 0 Å². The summed E-state index contributed by atoms with van der Waals surface area (Å²) in [7, 11) is 1.44. The van der Waals surface area contributed by atoms with E-state index >= 15 is 4.39 Å². The minimum absolute atomic E-state index is 0.0321. The van der Waals surface area contributed by atoms with Gasteiger partial charge in [0.05, 0.1) is 25.9 Å². The second kappa shape index (κ2) is 17.5. The smallest absolute Gasteiger partial charge is 0.255 e. The Morgan fingerprint density at radius 2 is 1.72 bits per heavy atom. The standard InChI is InChI=1S/C37H44FN5O7/c1-3-29-36(46)40-24-25-11-13-31(28(38)22-25)50-33-23-26(12-14-32(33)48-2)35(45)39-15-7-17-43(16-6-10-34(44)41-29)37(47)27-8-4-5-9-30(27)42-18-20-49-21-19-42/h4-5,8-9,11-14,22-23,29H,3,6-7,10,15-21,24H2,1-2H3,(H,39,45)(H,40,46)(H,41,44)/t29-/m0/s1. The fraction of sp³-hybridized carbons (Fsp3) is 0.405. The Hall–Kier alpha value is -5.17. The Bertz CT molecular complexity index is 1680. The van der Waals surface area contributed by atoms with Gasteiger partial charge in [0.25, 0.3) is 11.8 Å². The molecule has 1 fully saturated rings. The number of amides is 4. The number of ether oxygens (including phenoxy) is 3. The Kier molecular flexibility index (Phi) is 12.6. The molecule has 3 N–H and O–H groups in total. The molecule has 266 valence electrons. The van der Waals surface area contributed by atoms with Gasteiger partial charge in [-0.2, -0.15) is 0 Å². The van der Waals surface area contributed by atoms with Crippen LogP contribution in [0.1, 0.15) is 58.9 Å². The molecule has 3 aliphatic heterocycles. The van der Waals surface area contributed by atoms with Gasteiger partial charge in [-0.05, 0) is 67.3 Å². The van der Waals surface area contributed by atoms with Crippen LogP contribution in [-0.4, -0.2) is 87.6 Å². The van der Waals surface area contributed by atoms with Gasteiger partial charge in [0, 0.05) is 56.9 Å². The number of nitrogens with one attached hydrogen (secondary N) is 3. The number of methoxy groups -OCH3 is 1. The maximum atomic E-state index is 15.1. The van der Waals surface area contributed by atoms with Crippen LogP contribution in [0.15, 0.2) is 60.7 Å². The van der Waals surface area contributed by atoms with Crippen molar-refractivity contribution in [2.24, 2.45) is 0 Å². The van der Waals surface area contributed by atoms with Gasteiger partial charge in [-0.1, -0.05) is 25.1 Å². The molecule has 0 aromatic heterocycles. The predicted molar refractivity (Wildman–Crippen MR) is 185 cm³/mol. The summed E-state index contributed by atoms with van der Waals surface area (Å²) in [6, 6.07) is 15.6. The third kappa shape index (κ3) is 9.29. The van der Waals surface area contributed by atoms with Gasteiger partial charge < -0.3 is 40.0 Å². The van der Waals surface area contributed by atoms with E-state index in [1.165, 1.54) is 25.3 Å². The van der Waals surface area contributed by atoms with Crippen molar-refractivity contribution in [2.75, 3.05) is 57.9 Å². The first-order chi connectivity index (χ1) is 24.3. The van der Waals surface area contributed by atoms with Crippen molar-refractivity contribution in [3.05, 3.63) is 83.2 Å². The molecule has 3 aromatic rings. The Morgan fingerprint density at radius 1 is 0.940 bits per heavy atom. The molecule has 3 aromatic carbocycles. The largest absolute Gasteiger partial charge is 0.493 e. The molecule has 4 bridgehead atoms. The molecule has 0 unspecified atom stereocenters. The molecule has 4 amide bonds. The SMILES string of the molecule is CC[C@@H]1NC(=O)CCCN(C(=O)c2ccccc2N2CCOCC2)CCCNC(=O)c2ccc(OC)c(c2)Oc2ccc(cc2F)CNC1=O. The number of para-hydroxylation sites is 1. The fourth-order valence-corrected chi connectivity index (χ4v) is 5.91. The molecule has 1 atom stereocenters. The van der Waals surface area contributed by atoms with Crippen LogP contribution in [0.5, 0.6) is 17.2 Å². The molecule has 3 aliphatic rings. The first-order valence-corrected chi connectivity index (χ1v) is 17.0. The van der Waals surface area contributed by atoms with E-state index < -0.39 is 17.8 Å². The van der Waals surface area contributed by atoms with Gasteiger partial charge in [0.1, 0.15) is 6.04 Å². The third-order valence-electron chi connectivity index (χ3n) is 8.66. The minimum Gasteiger partial charge on any atom is -0.493 e. The zero-order valence-corrected chi connectivity index (χ0v) is 28.5. The van der Waals surface area contributed by atoms with E-state index in [4.69, 9.17) is 14.2 Å². The maximum Gasteiger partial charge on any atom is 0.255 e. The number of morpholine rings is 1. The molecule has 0 aliphatic carbocycles. The molecule has 0 spiro atoms.